The van der Waals surface area contributed by atoms with Crippen molar-refractivity contribution in [3.8, 4) is 0 Å². The van der Waals surface area contributed by atoms with Crippen LogP contribution in [0.2, 0.25) is 0 Å². The number of halogens is 2. The van der Waals surface area contributed by atoms with Crippen molar-refractivity contribution in [3.63, 3.8) is 0 Å². The monoisotopic (exact) mass is 190 g/mol. The van der Waals surface area contributed by atoms with Gasteiger partial charge in [0.2, 0.25) is 0 Å². The van der Waals surface area contributed by atoms with Gasteiger partial charge in [-0.05, 0) is 12.5 Å². The van der Waals surface area contributed by atoms with Crippen molar-refractivity contribution in [2.24, 2.45) is 0 Å². The van der Waals surface area contributed by atoms with Gasteiger partial charge in [0, 0.05) is 6.08 Å². The van der Waals surface area contributed by atoms with Crippen LogP contribution in [0, 0.1) is 0 Å². The minimum atomic E-state index is -0.486. The predicted molar refractivity (Wildman–Crippen MR) is 48.7 cm³/mol. The number of allylic oxidation sites excluding steroid dienone is 5. The van der Waals surface area contributed by atoms with Crippen molar-refractivity contribution in [3.05, 3.63) is 29.9 Å². The quantitative estimate of drug-likeness (QED) is 0.380. The van der Waals surface area contributed by atoms with E-state index in [1.54, 1.807) is 31.1 Å². The average Bonchev–Trinajstić information content (AvgIpc) is 1.97. The molecule has 0 aliphatic carbocycles. The van der Waals surface area contributed by atoms with E-state index in [1.165, 1.54) is 6.08 Å². The molecule has 0 unspecified atom stereocenters. The first-order valence-corrected chi connectivity index (χ1v) is 3.88. The van der Waals surface area contributed by atoms with Crippen molar-refractivity contribution in [1.82, 2.24) is 0 Å². The second-order valence-corrected chi connectivity index (χ2v) is 2.98. The van der Waals surface area contributed by atoms with Crippen LogP contribution in [0.4, 0.5) is 0 Å². The summed E-state index contributed by atoms with van der Waals surface area (Å²) in [6.07, 6.45) is 6.24. The molecule has 60 valence electrons. The van der Waals surface area contributed by atoms with E-state index in [0.717, 1.165) is 5.57 Å². The third-order valence-corrected chi connectivity index (χ3v) is 1.67. The third kappa shape index (κ3) is 5.93. The molecule has 1 nitrogen and oxygen atoms in total. The molecule has 0 radical (unpaired) electrons. The molecule has 0 amide bonds. The Balaban J connectivity index is 4.01. The van der Waals surface area contributed by atoms with Gasteiger partial charge < -0.3 is 0 Å². The lowest BCUT2D eigenvalue weighted by molar-refractivity contribution is 0.569. The molecule has 0 aromatic rings. The lowest BCUT2D eigenvalue weighted by atomic mass is 10.3. The summed E-state index contributed by atoms with van der Waals surface area (Å²) in [6, 6.07) is 0. The molecule has 0 fully saturated rings. The minimum Gasteiger partial charge on any atom is -0.234 e. The molecule has 0 aliphatic heterocycles. The Morgan fingerprint density at radius 1 is 1.45 bits per heavy atom. The molecule has 0 saturated carbocycles. The maximum atomic E-state index is 9.68. The summed E-state index contributed by atoms with van der Waals surface area (Å²) < 4.78 is 0. The summed E-state index contributed by atoms with van der Waals surface area (Å²) in [5, 5.41) is 0. The van der Waals surface area contributed by atoms with Crippen LogP contribution >= 0.6 is 23.2 Å². The van der Waals surface area contributed by atoms with E-state index >= 15 is 0 Å². The number of hydrogen-bond donors (Lipinski definition) is 0. The maximum absolute atomic E-state index is 9.68. The Labute approximate surface area is 76.0 Å². The van der Waals surface area contributed by atoms with Crippen molar-refractivity contribution in [1.29, 1.82) is 0 Å². The smallest absolute Gasteiger partial charge is 0.128 e. The normalized spacial score (nSPS) is 12.2. The van der Waals surface area contributed by atoms with Crippen LogP contribution in [0.3, 0.4) is 0 Å². The van der Waals surface area contributed by atoms with Crippen LogP contribution < -0.4 is 0 Å². The number of hydrogen-bond acceptors (Lipinski definition) is 1. The molecule has 3 heteroatoms. The van der Waals surface area contributed by atoms with Crippen LogP contribution in [0.25, 0.3) is 0 Å². The van der Waals surface area contributed by atoms with E-state index in [0.29, 0.717) is 0 Å². The van der Waals surface area contributed by atoms with E-state index in [-0.39, 0.29) is 0 Å². The van der Waals surface area contributed by atoms with E-state index in [1.807, 2.05) is 0 Å². The number of alkyl halides is 2. The van der Waals surface area contributed by atoms with Gasteiger partial charge >= 0.3 is 0 Å². The Morgan fingerprint density at radius 3 is 2.55 bits per heavy atom. The van der Waals surface area contributed by atoms with E-state index in [4.69, 9.17) is 23.2 Å². The van der Waals surface area contributed by atoms with Crippen molar-refractivity contribution in [2.45, 2.75) is 11.8 Å². The fourth-order valence-electron chi connectivity index (χ4n) is 0.375. The average molecular weight is 191 g/mol. The highest BCUT2D eigenvalue weighted by molar-refractivity contribution is 6.46. The molecule has 0 heterocycles. The molecule has 0 atom stereocenters. The van der Waals surface area contributed by atoms with Gasteiger partial charge in [-0.15, -0.1) is 23.2 Å². The zero-order valence-electron chi connectivity index (χ0n) is 6.05. The first-order chi connectivity index (χ1) is 5.18. The standard InChI is InChI=1S/C8H8Cl2O/c1-7(8(9)10)5-3-2-4-6-11/h2-5,8H,1H3/b3-2-,7-5+. The van der Waals surface area contributed by atoms with Gasteiger partial charge in [-0.1, -0.05) is 18.2 Å². The Bertz CT molecular complexity index is 210. The zero-order chi connectivity index (χ0) is 8.69. The molecule has 0 aromatic carbocycles. The first-order valence-electron chi connectivity index (χ1n) is 3.01. The Morgan fingerprint density at radius 2 is 2.09 bits per heavy atom. The number of rotatable bonds is 3. The van der Waals surface area contributed by atoms with Gasteiger partial charge in [-0.2, -0.15) is 0 Å². The summed E-state index contributed by atoms with van der Waals surface area (Å²) in [4.78, 5) is 9.19. The second-order valence-electron chi connectivity index (χ2n) is 1.88. The lowest BCUT2D eigenvalue weighted by Crippen LogP contribution is -1.86. The van der Waals surface area contributed by atoms with E-state index in [2.05, 4.69) is 0 Å². The summed E-state index contributed by atoms with van der Waals surface area (Å²) in [5.41, 5.74) is 0.837. The van der Waals surface area contributed by atoms with Gasteiger partial charge in [0.1, 0.15) is 10.8 Å². The molecule has 0 aliphatic rings. The van der Waals surface area contributed by atoms with Gasteiger partial charge in [-0.25, -0.2) is 4.79 Å². The molecular formula is C8H8Cl2O. The van der Waals surface area contributed by atoms with Crippen molar-refractivity contribution < 1.29 is 4.79 Å². The van der Waals surface area contributed by atoms with Gasteiger partial charge in [0.05, 0.1) is 0 Å². The van der Waals surface area contributed by atoms with Gasteiger partial charge in [-0.3, -0.25) is 0 Å². The van der Waals surface area contributed by atoms with Crippen LogP contribution in [0.1, 0.15) is 6.92 Å². The summed E-state index contributed by atoms with van der Waals surface area (Å²) in [6.45, 7) is 1.81. The topological polar surface area (TPSA) is 17.1 Å². The van der Waals surface area contributed by atoms with Crippen molar-refractivity contribution >= 4 is 29.1 Å². The minimum absolute atomic E-state index is 0.486. The van der Waals surface area contributed by atoms with Gasteiger partial charge in [0.25, 0.3) is 0 Å². The largest absolute Gasteiger partial charge is 0.234 e. The molecular weight excluding hydrogens is 183 g/mol. The van der Waals surface area contributed by atoms with Gasteiger partial charge in [0.15, 0.2) is 0 Å². The molecule has 11 heavy (non-hydrogen) atoms. The fourth-order valence-corrected chi connectivity index (χ4v) is 0.520. The maximum Gasteiger partial charge on any atom is 0.128 e. The van der Waals surface area contributed by atoms with Crippen molar-refractivity contribution in [2.75, 3.05) is 0 Å². The molecule has 0 bridgehead atoms. The highest BCUT2D eigenvalue weighted by Crippen LogP contribution is 2.12. The fraction of sp³-hybridized carbons (Fsp3) is 0.250. The van der Waals surface area contributed by atoms with Crippen LogP contribution in [0.5, 0.6) is 0 Å². The summed E-state index contributed by atoms with van der Waals surface area (Å²) in [5.74, 6) is 1.61. The highest BCUT2D eigenvalue weighted by Gasteiger charge is 1.97. The van der Waals surface area contributed by atoms with E-state index in [9.17, 15) is 4.79 Å². The highest BCUT2D eigenvalue weighted by atomic mass is 35.5. The zero-order valence-corrected chi connectivity index (χ0v) is 7.56. The lowest BCUT2D eigenvalue weighted by Gasteiger charge is -1.96. The molecule has 0 saturated heterocycles. The molecule has 0 aromatic heterocycles. The van der Waals surface area contributed by atoms with E-state index < -0.39 is 4.84 Å². The predicted octanol–water partition coefficient (Wildman–Crippen LogP) is 2.68. The van der Waals surface area contributed by atoms with Crippen LogP contribution in [0.15, 0.2) is 29.9 Å². The Kier molecular flexibility index (Phi) is 5.96. The summed E-state index contributed by atoms with van der Waals surface area (Å²) in [7, 11) is 0. The SMILES string of the molecule is C/C(=C\C=C/C=C=O)C(Cl)Cl. The Hall–Kier alpha value is -0.490. The first kappa shape index (κ1) is 10.5. The summed E-state index contributed by atoms with van der Waals surface area (Å²) >= 11 is 11.0. The third-order valence-electron chi connectivity index (χ3n) is 0.979. The van der Waals surface area contributed by atoms with Crippen LogP contribution in [-0.4, -0.2) is 10.8 Å². The molecule has 0 spiro atoms. The van der Waals surface area contributed by atoms with Crippen LogP contribution in [-0.2, 0) is 4.79 Å². The molecule has 0 N–H and O–H groups in total. The second kappa shape index (κ2) is 6.23. The number of carbonyl (C=O) groups excluding carboxylic acids is 1. The molecule has 0 rings (SSSR count).